The van der Waals surface area contributed by atoms with E-state index in [0.717, 1.165) is 10.9 Å². The van der Waals surface area contributed by atoms with Crippen LogP contribution in [-0.2, 0) is 0 Å². The summed E-state index contributed by atoms with van der Waals surface area (Å²) in [5.74, 6) is -0.478. The smallest absolute Gasteiger partial charge is 0.173 e. The van der Waals surface area contributed by atoms with Gasteiger partial charge in [0, 0.05) is 17.0 Å². The van der Waals surface area contributed by atoms with Crippen molar-refractivity contribution in [3.8, 4) is 0 Å². The van der Waals surface area contributed by atoms with Crippen molar-refractivity contribution in [1.29, 1.82) is 0 Å². The Hall–Kier alpha value is -1.64. The number of pyridine rings is 1. The van der Waals surface area contributed by atoms with E-state index in [4.69, 9.17) is 5.73 Å². The molecule has 0 unspecified atom stereocenters. The van der Waals surface area contributed by atoms with Crippen LogP contribution in [0.3, 0.4) is 0 Å². The predicted molar refractivity (Wildman–Crippen MR) is 62.2 cm³/mol. The second-order valence-electron chi connectivity index (χ2n) is 3.05. The number of aryl methyl sites for hydroxylation is 1. The number of aromatic nitrogens is 1. The largest absolute Gasteiger partial charge is 0.381 e. The van der Waals surface area contributed by atoms with Crippen LogP contribution in [0.5, 0.6) is 0 Å². The van der Waals surface area contributed by atoms with Crippen molar-refractivity contribution in [1.82, 2.24) is 4.98 Å². The Morgan fingerprint density at radius 2 is 1.93 bits per heavy atom. The first-order valence-corrected chi connectivity index (χ1v) is 4.99. The first-order chi connectivity index (χ1) is 7.18. The molecule has 0 aliphatic carbocycles. The average molecular weight is 206 g/mol. The summed E-state index contributed by atoms with van der Waals surface area (Å²) in [6.45, 7) is 5.95. The number of hydrogen-bond donors (Lipinski definition) is 1. The quantitative estimate of drug-likeness (QED) is 0.718. The minimum absolute atomic E-state index is 0.0450. The van der Waals surface area contributed by atoms with Gasteiger partial charge >= 0.3 is 0 Å². The Morgan fingerprint density at radius 3 is 2.60 bits per heavy atom. The van der Waals surface area contributed by atoms with Crippen molar-refractivity contribution >= 4 is 16.6 Å². The molecule has 3 heteroatoms. The molecule has 0 spiro atoms. The number of nitrogens with two attached hydrogens (primary N) is 1. The highest BCUT2D eigenvalue weighted by atomic mass is 19.1. The second kappa shape index (κ2) is 4.73. The molecule has 1 heterocycles. The fourth-order valence-electron chi connectivity index (χ4n) is 1.32. The van der Waals surface area contributed by atoms with Gasteiger partial charge in [-0.15, -0.1) is 0 Å². The molecule has 1 aromatic carbocycles. The Balaban J connectivity index is 0.000000531. The highest BCUT2D eigenvalue weighted by molar-refractivity contribution is 5.84. The van der Waals surface area contributed by atoms with Gasteiger partial charge in [-0.25, -0.2) is 9.37 Å². The molecule has 0 bridgehead atoms. The second-order valence-corrected chi connectivity index (χ2v) is 3.05. The molecule has 0 amide bonds. The van der Waals surface area contributed by atoms with Gasteiger partial charge < -0.3 is 5.73 Å². The van der Waals surface area contributed by atoms with Crippen LogP contribution in [0.2, 0.25) is 0 Å². The molecule has 2 rings (SSSR count). The molecule has 2 N–H and O–H groups in total. The maximum atomic E-state index is 13.3. The lowest BCUT2D eigenvalue weighted by Gasteiger charge is -2.01. The SMILES string of the molecule is CC.Cc1ccc2c(F)c(N)ncc2c1. The van der Waals surface area contributed by atoms with Crippen LogP contribution >= 0.6 is 0 Å². The highest BCUT2D eigenvalue weighted by Crippen LogP contribution is 2.21. The summed E-state index contributed by atoms with van der Waals surface area (Å²) in [4.78, 5) is 3.75. The minimum Gasteiger partial charge on any atom is -0.381 e. The van der Waals surface area contributed by atoms with E-state index >= 15 is 0 Å². The van der Waals surface area contributed by atoms with Crippen LogP contribution in [0, 0.1) is 12.7 Å². The van der Waals surface area contributed by atoms with Crippen LogP contribution in [0.1, 0.15) is 19.4 Å². The molecule has 0 aliphatic heterocycles. The molecule has 0 saturated heterocycles. The zero-order chi connectivity index (χ0) is 11.4. The predicted octanol–water partition coefficient (Wildman–Crippen LogP) is 3.29. The molecule has 0 aliphatic rings. The Bertz CT molecular complexity index is 466. The van der Waals surface area contributed by atoms with E-state index in [0.29, 0.717) is 5.39 Å². The van der Waals surface area contributed by atoms with Gasteiger partial charge in [-0.3, -0.25) is 0 Å². The van der Waals surface area contributed by atoms with Gasteiger partial charge in [0.15, 0.2) is 11.6 Å². The number of nitrogens with zero attached hydrogens (tertiary/aromatic N) is 1. The molecular weight excluding hydrogens is 191 g/mol. The van der Waals surface area contributed by atoms with Crippen LogP contribution in [-0.4, -0.2) is 4.98 Å². The van der Waals surface area contributed by atoms with Gasteiger partial charge in [-0.05, 0) is 13.0 Å². The maximum absolute atomic E-state index is 13.3. The monoisotopic (exact) mass is 206 g/mol. The molecule has 0 radical (unpaired) electrons. The number of benzene rings is 1. The highest BCUT2D eigenvalue weighted by Gasteiger charge is 2.04. The van der Waals surface area contributed by atoms with E-state index in [2.05, 4.69) is 4.98 Å². The maximum Gasteiger partial charge on any atom is 0.173 e. The average Bonchev–Trinajstić information content (AvgIpc) is 2.26. The lowest BCUT2D eigenvalue weighted by molar-refractivity contribution is 0.639. The zero-order valence-electron chi connectivity index (χ0n) is 9.21. The van der Waals surface area contributed by atoms with Gasteiger partial charge in [0.2, 0.25) is 0 Å². The van der Waals surface area contributed by atoms with E-state index in [9.17, 15) is 4.39 Å². The first kappa shape index (κ1) is 11.4. The molecule has 15 heavy (non-hydrogen) atoms. The number of fused-ring (bicyclic) bond motifs is 1. The van der Waals surface area contributed by atoms with E-state index in [-0.39, 0.29) is 5.82 Å². The summed E-state index contributed by atoms with van der Waals surface area (Å²) in [5.41, 5.74) is 6.42. The molecule has 0 atom stereocenters. The Labute approximate surface area is 88.9 Å². The number of anilines is 1. The summed E-state index contributed by atoms with van der Waals surface area (Å²) < 4.78 is 13.3. The third-order valence-corrected chi connectivity index (χ3v) is 2.01. The molecule has 2 aromatic rings. The Morgan fingerprint density at radius 1 is 1.27 bits per heavy atom. The number of nitrogen functional groups attached to an aromatic ring is 1. The summed E-state index contributed by atoms with van der Waals surface area (Å²) in [6.07, 6.45) is 1.58. The summed E-state index contributed by atoms with van der Waals surface area (Å²) in [5, 5.41) is 1.31. The van der Waals surface area contributed by atoms with Gasteiger partial charge in [0.25, 0.3) is 0 Å². The summed E-state index contributed by atoms with van der Waals surface area (Å²) in [7, 11) is 0. The Kier molecular flexibility index (Phi) is 3.61. The number of halogens is 1. The fourth-order valence-corrected chi connectivity index (χ4v) is 1.32. The molecule has 1 aromatic heterocycles. The first-order valence-electron chi connectivity index (χ1n) is 4.99. The zero-order valence-corrected chi connectivity index (χ0v) is 9.21. The minimum atomic E-state index is -0.433. The van der Waals surface area contributed by atoms with Gasteiger partial charge in [-0.2, -0.15) is 0 Å². The lowest BCUT2D eigenvalue weighted by atomic mass is 10.1. The number of hydrogen-bond acceptors (Lipinski definition) is 2. The third kappa shape index (κ3) is 2.24. The van der Waals surface area contributed by atoms with E-state index in [1.54, 1.807) is 12.3 Å². The van der Waals surface area contributed by atoms with Gasteiger partial charge in [-0.1, -0.05) is 31.5 Å². The van der Waals surface area contributed by atoms with Crippen LogP contribution in [0.25, 0.3) is 10.8 Å². The molecule has 2 nitrogen and oxygen atoms in total. The van der Waals surface area contributed by atoms with E-state index in [1.807, 2.05) is 32.9 Å². The fraction of sp³-hybridized carbons (Fsp3) is 0.250. The standard InChI is InChI=1S/C10H9FN2.C2H6/c1-6-2-3-8-7(4-6)5-13-10(12)9(8)11;1-2/h2-5H,1H3,(H2,12,13);1-2H3. The summed E-state index contributed by atoms with van der Waals surface area (Å²) >= 11 is 0. The molecular formula is C12H15FN2. The topological polar surface area (TPSA) is 38.9 Å². The van der Waals surface area contributed by atoms with Crippen LogP contribution in [0.4, 0.5) is 10.2 Å². The molecule has 0 fully saturated rings. The van der Waals surface area contributed by atoms with Crippen molar-refractivity contribution in [2.24, 2.45) is 0 Å². The lowest BCUT2D eigenvalue weighted by Crippen LogP contribution is -1.95. The van der Waals surface area contributed by atoms with Crippen molar-refractivity contribution in [2.75, 3.05) is 5.73 Å². The molecule has 80 valence electrons. The molecule has 0 saturated carbocycles. The third-order valence-electron chi connectivity index (χ3n) is 2.01. The van der Waals surface area contributed by atoms with Crippen molar-refractivity contribution in [3.05, 3.63) is 35.8 Å². The number of rotatable bonds is 0. The normalized spacial score (nSPS) is 9.60. The van der Waals surface area contributed by atoms with Gasteiger partial charge in [0.1, 0.15) is 0 Å². The van der Waals surface area contributed by atoms with Crippen LogP contribution in [0.15, 0.2) is 24.4 Å². The van der Waals surface area contributed by atoms with E-state index in [1.165, 1.54) is 0 Å². The van der Waals surface area contributed by atoms with Crippen molar-refractivity contribution < 1.29 is 4.39 Å². The van der Waals surface area contributed by atoms with Crippen LogP contribution < -0.4 is 5.73 Å². The van der Waals surface area contributed by atoms with Crippen molar-refractivity contribution in [2.45, 2.75) is 20.8 Å². The van der Waals surface area contributed by atoms with Crippen molar-refractivity contribution in [3.63, 3.8) is 0 Å². The summed E-state index contributed by atoms with van der Waals surface area (Å²) in [6, 6.07) is 5.45. The van der Waals surface area contributed by atoms with E-state index < -0.39 is 5.82 Å². The van der Waals surface area contributed by atoms with Gasteiger partial charge in [0.05, 0.1) is 0 Å².